The van der Waals surface area contributed by atoms with Crippen molar-refractivity contribution in [2.45, 2.75) is 6.92 Å². The van der Waals surface area contributed by atoms with Crippen LogP contribution >= 0.6 is 0 Å². The van der Waals surface area contributed by atoms with Crippen LogP contribution in [-0.4, -0.2) is 16.4 Å². The Hall–Kier alpha value is -1.79. The lowest BCUT2D eigenvalue weighted by molar-refractivity contribution is -0.672. The van der Waals surface area contributed by atoms with Crippen LogP contribution in [0.15, 0.2) is 18.7 Å². The van der Waals surface area contributed by atoms with Gasteiger partial charge in [0.1, 0.15) is 12.8 Å². The first-order valence-electron chi connectivity index (χ1n) is 3.54. The molecule has 0 saturated carbocycles. The van der Waals surface area contributed by atoms with Crippen molar-refractivity contribution in [1.82, 2.24) is 4.73 Å². The Labute approximate surface area is 74.8 Å². The van der Waals surface area contributed by atoms with Gasteiger partial charge in [0.15, 0.2) is 6.20 Å². The Kier molecular flexibility index (Phi) is 5.01. The Morgan fingerprint density at radius 2 is 2.15 bits per heavy atom. The lowest BCUT2D eigenvalue weighted by Gasteiger charge is -1.90. The molecule has 0 amide bonds. The smallest absolute Gasteiger partial charge is 0.284 e. The molecular formula is C6H11N3O4. The Morgan fingerprint density at radius 1 is 1.62 bits per heavy atom. The lowest BCUT2D eigenvalue weighted by atomic mass is 10.9. The molecule has 0 unspecified atom stereocenters. The predicted octanol–water partition coefficient (Wildman–Crippen LogP) is -0.478. The van der Waals surface area contributed by atoms with Crippen LogP contribution in [0.2, 0.25) is 0 Å². The van der Waals surface area contributed by atoms with Crippen LogP contribution in [0, 0.1) is 15.3 Å². The second kappa shape index (κ2) is 5.81. The number of hydrogen-bond donors (Lipinski definition) is 0. The van der Waals surface area contributed by atoms with Gasteiger partial charge in [0.2, 0.25) is 0 Å². The summed E-state index contributed by atoms with van der Waals surface area (Å²) in [6.45, 7) is 2.66. The minimum atomic E-state index is -1.75. The molecule has 0 saturated heterocycles. The third-order valence-corrected chi connectivity index (χ3v) is 1.02. The van der Waals surface area contributed by atoms with E-state index in [0.29, 0.717) is 6.61 Å². The van der Waals surface area contributed by atoms with Crippen molar-refractivity contribution in [1.29, 1.82) is 0 Å². The van der Waals surface area contributed by atoms with Gasteiger partial charge in [-0.2, -0.15) is 0 Å². The highest BCUT2D eigenvalue weighted by molar-refractivity contribution is 4.59. The molecule has 0 aromatic carbocycles. The highest BCUT2D eigenvalue weighted by Gasteiger charge is 1.96. The Morgan fingerprint density at radius 3 is 2.46 bits per heavy atom. The fourth-order valence-corrected chi connectivity index (χ4v) is 0.653. The third-order valence-electron chi connectivity index (χ3n) is 1.02. The van der Waals surface area contributed by atoms with Crippen molar-refractivity contribution >= 4 is 0 Å². The average molecular weight is 189 g/mol. The number of aryl methyl sites for hydroxylation is 1. The largest absolute Gasteiger partial charge is 0.356 e. The molecule has 0 spiro atoms. The molecule has 0 aliphatic rings. The number of aromatic nitrogens is 2. The minimum Gasteiger partial charge on any atom is -0.356 e. The van der Waals surface area contributed by atoms with Crippen molar-refractivity contribution in [2.24, 2.45) is 7.05 Å². The Bertz CT molecular complexity index is 256. The summed E-state index contributed by atoms with van der Waals surface area (Å²) in [7, 11) is 1.95. The van der Waals surface area contributed by atoms with Crippen LogP contribution < -0.4 is 9.40 Å². The van der Waals surface area contributed by atoms with Crippen LogP contribution in [0.4, 0.5) is 0 Å². The van der Waals surface area contributed by atoms with E-state index in [-0.39, 0.29) is 0 Å². The van der Waals surface area contributed by atoms with Gasteiger partial charge in [-0.05, 0) is 6.92 Å². The van der Waals surface area contributed by atoms with E-state index >= 15 is 0 Å². The second-order valence-electron chi connectivity index (χ2n) is 2.08. The Balaban J connectivity index is 0.000000310. The van der Waals surface area contributed by atoms with Crippen LogP contribution in [-0.2, 0) is 7.05 Å². The fraction of sp³-hybridized carbons (Fsp3) is 0.500. The standard InChI is InChI=1S/C6H11N2O.NO3/c1-3-9-8-5-4-7(2)6-8;2-1(3)4/h4-6H,3H2,1-2H3;/q+1;-1. The molecule has 1 rings (SSSR count). The third kappa shape index (κ3) is 6.60. The minimum absolute atomic E-state index is 0.703. The molecule has 74 valence electrons. The predicted molar refractivity (Wildman–Crippen MR) is 43.1 cm³/mol. The van der Waals surface area contributed by atoms with Crippen LogP contribution in [0.1, 0.15) is 6.92 Å². The number of rotatable bonds is 2. The summed E-state index contributed by atoms with van der Waals surface area (Å²) in [5.74, 6) is 0. The molecule has 7 nitrogen and oxygen atoms in total. The average Bonchev–Trinajstić information content (AvgIpc) is 2.35. The van der Waals surface area contributed by atoms with Crippen molar-refractivity contribution in [3.63, 3.8) is 0 Å². The first-order valence-corrected chi connectivity index (χ1v) is 3.54. The van der Waals surface area contributed by atoms with E-state index in [1.54, 1.807) is 4.73 Å². The van der Waals surface area contributed by atoms with Gasteiger partial charge in [-0.3, -0.25) is 0 Å². The van der Waals surface area contributed by atoms with Crippen LogP contribution in [0.3, 0.4) is 0 Å². The van der Waals surface area contributed by atoms with E-state index in [4.69, 9.17) is 20.2 Å². The van der Waals surface area contributed by atoms with E-state index in [2.05, 4.69) is 0 Å². The molecule has 1 aromatic rings. The van der Waals surface area contributed by atoms with E-state index in [1.165, 1.54) is 0 Å². The van der Waals surface area contributed by atoms with Crippen molar-refractivity contribution in [2.75, 3.05) is 6.61 Å². The molecule has 0 radical (unpaired) electrons. The van der Waals surface area contributed by atoms with Gasteiger partial charge >= 0.3 is 0 Å². The summed E-state index contributed by atoms with van der Waals surface area (Å²) in [6, 6.07) is 0. The second-order valence-corrected chi connectivity index (χ2v) is 2.08. The number of hydrogen-bond acceptors (Lipinski definition) is 4. The summed E-state index contributed by atoms with van der Waals surface area (Å²) >= 11 is 0. The number of nitrogens with zero attached hydrogens (tertiary/aromatic N) is 3. The summed E-state index contributed by atoms with van der Waals surface area (Å²) in [6.07, 6.45) is 5.66. The molecule has 0 aliphatic heterocycles. The summed E-state index contributed by atoms with van der Waals surface area (Å²) in [5, 5.41) is 14.8. The first-order chi connectivity index (χ1) is 6.06. The maximum atomic E-state index is 8.25. The lowest BCUT2D eigenvalue weighted by Crippen LogP contribution is -2.24. The molecule has 0 atom stereocenters. The van der Waals surface area contributed by atoms with Gasteiger partial charge in [0.25, 0.3) is 6.33 Å². The molecule has 1 heterocycles. The monoisotopic (exact) mass is 189 g/mol. The highest BCUT2D eigenvalue weighted by Crippen LogP contribution is 1.75. The zero-order chi connectivity index (χ0) is 10.3. The molecule has 0 N–H and O–H groups in total. The zero-order valence-electron chi connectivity index (χ0n) is 7.41. The summed E-state index contributed by atoms with van der Waals surface area (Å²) in [4.78, 5) is 13.4. The van der Waals surface area contributed by atoms with Gasteiger partial charge in [0.05, 0.1) is 12.1 Å². The normalized spacial score (nSPS) is 8.46. The van der Waals surface area contributed by atoms with Crippen molar-refractivity contribution < 1.29 is 14.5 Å². The van der Waals surface area contributed by atoms with E-state index in [0.717, 1.165) is 0 Å². The van der Waals surface area contributed by atoms with Gasteiger partial charge in [-0.1, -0.05) is 4.73 Å². The quantitative estimate of drug-likeness (QED) is 0.357. The highest BCUT2D eigenvalue weighted by atomic mass is 16.9. The summed E-state index contributed by atoms with van der Waals surface area (Å²) in [5.41, 5.74) is 0. The maximum Gasteiger partial charge on any atom is 0.284 e. The van der Waals surface area contributed by atoms with Gasteiger partial charge < -0.3 is 20.2 Å². The zero-order valence-corrected chi connectivity index (χ0v) is 7.41. The summed E-state index contributed by atoms with van der Waals surface area (Å²) < 4.78 is 3.61. The van der Waals surface area contributed by atoms with E-state index in [1.807, 2.05) is 37.3 Å². The van der Waals surface area contributed by atoms with E-state index in [9.17, 15) is 0 Å². The van der Waals surface area contributed by atoms with Crippen molar-refractivity contribution in [3.05, 3.63) is 34.0 Å². The van der Waals surface area contributed by atoms with Crippen LogP contribution in [0.5, 0.6) is 0 Å². The topological polar surface area (TPSA) is 84.2 Å². The van der Waals surface area contributed by atoms with Crippen molar-refractivity contribution in [3.8, 4) is 0 Å². The molecular weight excluding hydrogens is 178 g/mol. The van der Waals surface area contributed by atoms with Gasteiger partial charge in [-0.15, -0.1) is 0 Å². The molecule has 0 fully saturated rings. The van der Waals surface area contributed by atoms with Gasteiger partial charge in [0, 0.05) is 0 Å². The molecule has 1 aromatic heterocycles. The van der Waals surface area contributed by atoms with E-state index < -0.39 is 5.09 Å². The molecule has 0 bridgehead atoms. The van der Waals surface area contributed by atoms with Crippen LogP contribution in [0.25, 0.3) is 0 Å². The molecule has 7 heteroatoms. The SMILES string of the molecule is CCOn1cc[n+](C)c1.O=[N+]([O-])[O-]. The molecule has 13 heavy (non-hydrogen) atoms. The maximum absolute atomic E-state index is 8.25. The van der Waals surface area contributed by atoms with Gasteiger partial charge in [-0.25, -0.2) is 4.57 Å². The first kappa shape index (κ1) is 11.2. The fourth-order valence-electron chi connectivity index (χ4n) is 0.653. The number of imidazole rings is 1. The molecule has 0 aliphatic carbocycles.